The molecule has 0 heterocycles. The second kappa shape index (κ2) is 7.63. The topological polar surface area (TPSA) is 60.2 Å². The third-order valence-corrected chi connectivity index (χ3v) is 3.80. The van der Waals surface area contributed by atoms with Crippen molar-refractivity contribution in [3.8, 4) is 6.07 Å². The van der Waals surface area contributed by atoms with Gasteiger partial charge in [-0.15, -0.1) is 0 Å². The number of rotatable bonds is 3. The highest BCUT2D eigenvalue weighted by atomic mass is 19.1. The first-order valence-corrected chi connectivity index (χ1v) is 7.38. The fraction of sp³-hybridized carbons (Fsp3) is 0.500. The van der Waals surface area contributed by atoms with Crippen molar-refractivity contribution in [3.05, 3.63) is 35.1 Å². The molecule has 4 nitrogen and oxygen atoms in total. The van der Waals surface area contributed by atoms with Gasteiger partial charge in [0, 0.05) is 25.2 Å². The quantitative estimate of drug-likeness (QED) is 0.664. The highest BCUT2D eigenvalue weighted by Gasteiger charge is 2.14. The first-order valence-electron chi connectivity index (χ1n) is 7.38. The van der Waals surface area contributed by atoms with E-state index in [9.17, 15) is 4.39 Å². The van der Waals surface area contributed by atoms with Crippen LogP contribution in [0.2, 0.25) is 0 Å². The summed E-state index contributed by atoms with van der Waals surface area (Å²) in [6.07, 6.45) is 6.12. The zero-order chi connectivity index (χ0) is 15.1. The molecule has 0 saturated heterocycles. The summed E-state index contributed by atoms with van der Waals surface area (Å²) in [5.74, 6) is 0.334. The van der Waals surface area contributed by atoms with Gasteiger partial charge in [0.25, 0.3) is 0 Å². The van der Waals surface area contributed by atoms with Crippen molar-refractivity contribution >= 4 is 5.96 Å². The van der Waals surface area contributed by atoms with Crippen LogP contribution in [-0.2, 0) is 6.54 Å². The minimum Gasteiger partial charge on any atom is -0.354 e. The maximum absolute atomic E-state index is 13.8. The summed E-state index contributed by atoms with van der Waals surface area (Å²) in [7, 11) is 1.72. The summed E-state index contributed by atoms with van der Waals surface area (Å²) in [5, 5.41) is 15.2. The van der Waals surface area contributed by atoms with Gasteiger partial charge in [0.15, 0.2) is 5.96 Å². The van der Waals surface area contributed by atoms with Crippen molar-refractivity contribution in [2.45, 2.75) is 44.7 Å². The van der Waals surface area contributed by atoms with Gasteiger partial charge in [0.1, 0.15) is 5.82 Å². The molecule has 1 aliphatic rings. The van der Waals surface area contributed by atoms with Crippen LogP contribution in [0.3, 0.4) is 0 Å². The molecule has 1 aliphatic carbocycles. The van der Waals surface area contributed by atoms with Crippen LogP contribution in [0.1, 0.15) is 43.2 Å². The molecule has 2 rings (SSSR count). The van der Waals surface area contributed by atoms with E-state index in [2.05, 4.69) is 15.6 Å². The second-order valence-electron chi connectivity index (χ2n) is 5.32. The predicted molar refractivity (Wildman–Crippen MR) is 81.3 cm³/mol. The summed E-state index contributed by atoms with van der Waals surface area (Å²) >= 11 is 0. The van der Waals surface area contributed by atoms with Crippen molar-refractivity contribution in [1.29, 1.82) is 5.26 Å². The van der Waals surface area contributed by atoms with Gasteiger partial charge in [-0.25, -0.2) is 4.39 Å². The fourth-order valence-electron chi connectivity index (χ4n) is 2.57. The summed E-state index contributed by atoms with van der Waals surface area (Å²) in [6.45, 7) is 0.351. The van der Waals surface area contributed by atoms with E-state index in [4.69, 9.17) is 5.26 Å². The van der Waals surface area contributed by atoms with Crippen molar-refractivity contribution in [3.63, 3.8) is 0 Å². The molecular weight excluding hydrogens is 267 g/mol. The smallest absolute Gasteiger partial charge is 0.191 e. The van der Waals surface area contributed by atoms with Gasteiger partial charge < -0.3 is 10.6 Å². The lowest BCUT2D eigenvalue weighted by Gasteiger charge is -2.24. The monoisotopic (exact) mass is 288 g/mol. The molecular formula is C16H21FN4. The van der Waals surface area contributed by atoms with E-state index in [1.54, 1.807) is 19.2 Å². The number of nitriles is 1. The maximum Gasteiger partial charge on any atom is 0.191 e. The number of nitrogens with one attached hydrogen (secondary N) is 2. The molecule has 0 bridgehead atoms. The largest absolute Gasteiger partial charge is 0.354 e. The average Bonchev–Trinajstić information content (AvgIpc) is 2.53. The van der Waals surface area contributed by atoms with Crippen LogP contribution in [0.4, 0.5) is 4.39 Å². The number of benzene rings is 1. The molecule has 0 amide bonds. The number of guanidine groups is 1. The van der Waals surface area contributed by atoms with Crippen LogP contribution in [0.5, 0.6) is 0 Å². The molecule has 1 saturated carbocycles. The Labute approximate surface area is 125 Å². The molecule has 112 valence electrons. The molecule has 0 spiro atoms. The van der Waals surface area contributed by atoms with E-state index >= 15 is 0 Å². The zero-order valence-corrected chi connectivity index (χ0v) is 12.3. The van der Waals surface area contributed by atoms with E-state index in [-0.39, 0.29) is 5.82 Å². The zero-order valence-electron chi connectivity index (χ0n) is 12.3. The Morgan fingerprint density at radius 1 is 1.38 bits per heavy atom. The Morgan fingerprint density at radius 3 is 2.76 bits per heavy atom. The third-order valence-electron chi connectivity index (χ3n) is 3.80. The predicted octanol–water partition coefficient (Wildman–Crippen LogP) is 2.70. The van der Waals surface area contributed by atoms with Gasteiger partial charge in [-0.1, -0.05) is 25.3 Å². The van der Waals surface area contributed by atoms with Crippen molar-refractivity contribution < 1.29 is 4.39 Å². The lowest BCUT2D eigenvalue weighted by atomic mass is 9.96. The fourth-order valence-corrected chi connectivity index (χ4v) is 2.57. The molecule has 1 fully saturated rings. The number of hydrogen-bond donors (Lipinski definition) is 2. The first kappa shape index (κ1) is 15.3. The lowest BCUT2D eigenvalue weighted by molar-refractivity contribution is 0.410. The van der Waals surface area contributed by atoms with Crippen LogP contribution in [-0.4, -0.2) is 19.0 Å². The molecule has 2 N–H and O–H groups in total. The second-order valence-corrected chi connectivity index (χ2v) is 5.32. The molecule has 0 atom stereocenters. The summed E-state index contributed by atoms with van der Waals surface area (Å²) in [4.78, 5) is 4.18. The van der Waals surface area contributed by atoms with Gasteiger partial charge in [-0.2, -0.15) is 5.26 Å². The van der Waals surface area contributed by atoms with E-state index in [1.807, 2.05) is 6.07 Å². The van der Waals surface area contributed by atoms with E-state index < -0.39 is 0 Å². The Bertz CT molecular complexity index is 542. The maximum atomic E-state index is 13.8. The summed E-state index contributed by atoms with van der Waals surface area (Å²) < 4.78 is 13.8. The first-order chi connectivity index (χ1) is 10.2. The van der Waals surface area contributed by atoms with Crippen molar-refractivity contribution in [2.24, 2.45) is 4.99 Å². The number of aliphatic imine (C=N–C) groups is 1. The Hall–Kier alpha value is -2.09. The normalized spacial score (nSPS) is 16.3. The number of halogens is 1. The molecule has 21 heavy (non-hydrogen) atoms. The van der Waals surface area contributed by atoms with Gasteiger partial charge >= 0.3 is 0 Å². The molecule has 0 radical (unpaired) electrons. The van der Waals surface area contributed by atoms with Gasteiger partial charge in [-0.05, 0) is 25.0 Å². The molecule has 1 aromatic rings. The highest BCUT2D eigenvalue weighted by Crippen LogP contribution is 2.17. The average molecular weight is 288 g/mol. The molecule has 0 aliphatic heterocycles. The lowest BCUT2D eigenvalue weighted by Crippen LogP contribution is -2.43. The van der Waals surface area contributed by atoms with E-state index in [0.717, 1.165) is 12.8 Å². The van der Waals surface area contributed by atoms with Gasteiger partial charge in [0.2, 0.25) is 0 Å². The van der Waals surface area contributed by atoms with Crippen LogP contribution in [0, 0.1) is 17.1 Å². The third kappa shape index (κ3) is 4.45. The minimum absolute atomic E-state index is 0.334. The van der Waals surface area contributed by atoms with Crippen LogP contribution in [0.25, 0.3) is 0 Å². The van der Waals surface area contributed by atoms with Crippen molar-refractivity contribution in [2.75, 3.05) is 7.05 Å². The molecule has 5 heteroatoms. The molecule has 0 unspecified atom stereocenters. The van der Waals surface area contributed by atoms with E-state index in [0.29, 0.717) is 29.7 Å². The Balaban J connectivity index is 1.89. The SMILES string of the molecule is CN=C(NCc1ccc(C#N)cc1F)NC1CCCCC1. The van der Waals surface area contributed by atoms with Crippen LogP contribution in [0.15, 0.2) is 23.2 Å². The minimum atomic E-state index is -0.366. The van der Waals surface area contributed by atoms with Gasteiger partial charge in [-0.3, -0.25) is 4.99 Å². The highest BCUT2D eigenvalue weighted by molar-refractivity contribution is 5.79. The Kier molecular flexibility index (Phi) is 5.56. The van der Waals surface area contributed by atoms with Crippen LogP contribution >= 0.6 is 0 Å². The van der Waals surface area contributed by atoms with Crippen molar-refractivity contribution in [1.82, 2.24) is 10.6 Å². The Morgan fingerprint density at radius 2 is 2.14 bits per heavy atom. The standard InChI is InChI=1S/C16H21FN4/c1-19-16(21-14-5-3-2-4-6-14)20-11-13-8-7-12(10-18)9-15(13)17/h7-9,14H,2-6,11H2,1H3,(H2,19,20,21). The summed E-state index contributed by atoms with van der Waals surface area (Å²) in [6, 6.07) is 6.90. The summed E-state index contributed by atoms with van der Waals surface area (Å²) in [5.41, 5.74) is 0.863. The number of nitrogens with zero attached hydrogens (tertiary/aromatic N) is 2. The van der Waals surface area contributed by atoms with Crippen LogP contribution < -0.4 is 10.6 Å². The number of hydrogen-bond acceptors (Lipinski definition) is 2. The van der Waals surface area contributed by atoms with Gasteiger partial charge in [0.05, 0.1) is 11.6 Å². The molecule has 0 aromatic heterocycles. The van der Waals surface area contributed by atoms with E-state index in [1.165, 1.54) is 25.3 Å². The molecule has 1 aromatic carbocycles.